The monoisotopic (exact) mass is 310 g/mol. The maximum absolute atomic E-state index is 12.1. The summed E-state index contributed by atoms with van der Waals surface area (Å²) in [6.45, 7) is 1.91. The highest BCUT2D eigenvalue weighted by Gasteiger charge is 2.30. The fourth-order valence-corrected chi connectivity index (χ4v) is 2.14. The molecule has 0 radical (unpaired) electrons. The van der Waals surface area contributed by atoms with E-state index >= 15 is 0 Å². The molecule has 0 fully saturated rings. The van der Waals surface area contributed by atoms with E-state index in [1.54, 1.807) is 12.1 Å². The molecule has 0 aliphatic rings. The summed E-state index contributed by atoms with van der Waals surface area (Å²) in [4.78, 5) is 0. The Morgan fingerprint density at radius 2 is 1.45 bits per heavy atom. The molecule has 0 spiro atoms. The predicted molar refractivity (Wildman–Crippen MR) is 77.6 cm³/mol. The molecule has 22 heavy (non-hydrogen) atoms. The van der Waals surface area contributed by atoms with Gasteiger partial charge in [0.2, 0.25) is 0 Å². The minimum Gasteiger partial charge on any atom is -0.406 e. The lowest BCUT2D eigenvalue weighted by molar-refractivity contribution is -0.274. The summed E-state index contributed by atoms with van der Waals surface area (Å²) < 4.78 is 40.1. The minimum absolute atomic E-state index is 0.224. The lowest BCUT2D eigenvalue weighted by Gasteiger charge is -2.10. The van der Waals surface area contributed by atoms with Crippen LogP contribution >= 0.6 is 0 Å². The molecule has 1 atom stereocenters. The summed E-state index contributed by atoms with van der Waals surface area (Å²) in [5.74, 6) is -0.224. The van der Waals surface area contributed by atoms with Crippen LogP contribution in [0.2, 0.25) is 0 Å². The molecule has 2 aromatic rings. The Morgan fingerprint density at radius 3 is 1.91 bits per heavy atom. The average Bonchev–Trinajstić information content (AvgIpc) is 2.48. The summed E-state index contributed by atoms with van der Waals surface area (Å²) >= 11 is 0. The first kappa shape index (κ1) is 16.4. The molecular weight excluding hydrogens is 293 g/mol. The van der Waals surface area contributed by atoms with Gasteiger partial charge in [-0.1, -0.05) is 43.3 Å². The third kappa shape index (κ3) is 4.77. The van der Waals surface area contributed by atoms with Gasteiger partial charge < -0.3 is 9.84 Å². The summed E-state index contributed by atoms with van der Waals surface area (Å²) in [5, 5.41) is 9.73. The standard InChI is InChI=1S/C17H17F3O2/c1-2-16(21)14-7-3-12(4-8-14)11-13-5-9-15(10-6-13)22-17(18,19)20/h3-10,16,21H,2,11H2,1H3/t16-/m0/s1. The fourth-order valence-electron chi connectivity index (χ4n) is 2.14. The van der Waals surface area contributed by atoms with Crippen molar-refractivity contribution in [3.8, 4) is 5.75 Å². The molecule has 2 aromatic carbocycles. The molecule has 0 amide bonds. The van der Waals surface area contributed by atoms with E-state index in [4.69, 9.17) is 0 Å². The van der Waals surface area contributed by atoms with Gasteiger partial charge in [0.25, 0.3) is 0 Å². The highest BCUT2D eigenvalue weighted by molar-refractivity contribution is 5.33. The van der Waals surface area contributed by atoms with Gasteiger partial charge in [-0.25, -0.2) is 0 Å². The molecule has 2 nitrogen and oxygen atoms in total. The van der Waals surface area contributed by atoms with Crippen molar-refractivity contribution in [3.63, 3.8) is 0 Å². The first-order valence-corrected chi connectivity index (χ1v) is 6.99. The van der Waals surface area contributed by atoms with Gasteiger partial charge in [-0.05, 0) is 41.7 Å². The van der Waals surface area contributed by atoms with Crippen LogP contribution in [0.1, 0.15) is 36.1 Å². The van der Waals surface area contributed by atoms with Crippen molar-refractivity contribution in [3.05, 3.63) is 65.2 Å². The maximum Gasteiger partial charge on any atom is 0.573 e. The zero-order chi connectivity index (χ0) is 16.2. The first-order valence-electron chi connectivity index (χ1n) is 6.99. The summed E-state index contributed by atoms with van der Waals surface area (Å²) in [5.41, 5.74) is 2.77. The zero-order valence-electron chi connectivity index (χ0n) is 12.1. The highest BCUT2D eigenvalue weighted by Crippen LogP contribution is 2.24. The summed E-state index contributed by atoms with van der Waals surface area (Å²) in [7, 11) is 0. The van der Waals surface area contributed by atoms with Crippen molar-refractivity contribution in [2.75, 3.05) is 0 Å². The lowest BCUT2D eigenvalue weighted by Crippen LogP contribution is -2.17. The van der Waals surface area contributed by atoms with E-state index < -0.39 is 12.5 Å². The van der Waals surface area contributed by atoms with Crippen LogP contribution in [0.5, 0.6) is 5.75 Å². The fraction of sp³-hybridized carbons (Fsp3) is 0.294. The number of alkyl halides is 3. The topological polar surface area (TPSA) is 29.5 Å². The van der Waals surface area contributed by atoms with Crippen LogP contribution in [0.3, 0.4) is 0 Å². The third-order valence-electron chi connectivity index (χ3n) is 3.32. The lowest BCUT2D eigenvalue weighted by atomic mass is 10.0. The molecule has 0 saturated heterocycles. The number of aliphatic hydroxyl groups excluding tert-OH is 1. The zero-order valence-corrected chi connectivity index (χ0v) is 12.1. The van der Waals surface area contributed by atoms with Crippen LogP contribution in [0.4, 0.5) is 13.2 Å². The SMILES string of the molecule is CC[C@H](O)c1ccc(Cc2ccc(OC(F)(F)F)cc2)cc1. The Balaban J connectivity index is 2.01. The van der Waals surface area contributed by atoms with Gasteiger partial charge >= 0.3 is 6.36 Å². The Labute approximate surface area is 127 Å². The molecule has 5 heteroatoms. The molecule has 0 aliphatic carbocycles. The van der Waals surface area contributed by atoms with E-state index in [0.29, 0.717) is 12.8 Å². The largest absolute Gasteiger partial charge is 0.573 e. The van der Waals surface area contributed by atoms with Crippen molar-refractivity contribution >= 4 is 0 Å². The van der Waals surface area contributed by atoms with Gasteiger partial charge in [0, 0.05) is 0 Å². The van der Waals surface area contributed by atoms with E-state index in [1.165, 1.54) is 12.1 Å². The predicted octanol–water partition coefficient (Wildman–Crippen LogP) is 4.62. The number of hydrogen-bond acceptors (Lipinski definition) is 2. The van der Waals surface area contributed by atoms with Gasteiger partial charge in [0.05, 0.1) is 6.10 Å². The van der Waals surface area contributed by atoms with Crippen molar-refractivity contribution in [1.82, 2.24) is 0 Å². The molecular formula is C17H17F3O2. The van der Waals surface area contributed by atoms with Crippen LogP contribution in [-0.4, -0.2) is 11.5 Å². The normalized spacial score (nSPS) is 13.0. The van der Waals surface area contributed by atoms with E-state index in [9.17, 15) is 18.3 Å². The first-order chi connectivity index (χ1) is 10.4. The number of benzene rings is 2. The van der Waals surface area contributed by atoms with Crippen LogP contribution in [0.25, 0.3) is 0 Å². The molecule has 0 unspecified atom stereocenters. The average molecular weight is 310 g/mol. The van der Waals surface area contributed by atoms with Crippen molar-refractivity contribution in [2.45, 2.75) is 32.2 Å². The number of rotatable bonds is 5. The Hall–Kier alpha value is -2.01. The molecule has 0 aromatic heterocycles. The van der Waals surface area contributed by atoms with Crippen LogP contribution in [0.15, 0.2) is 48.5 Å². The van der Waals surface area contributed by atoms with Gasteiger partial charge in [0.15, 0.2) is 0 Å². The Morgan fingerprint density at radius 1 is 0.955 bits per heavy atom. The van der Waals surface area contributed by atoms with E-state index in [2.05, 4.69) is 4.74 Å². The number of ether oxygens (including phenoxy) is 1. The third-order valence-corrected chi connectivity index (χ3v) is 3.32. The van der Waals surface area contributed by atoms with Crippen LogP contribution < -0.4 is 4.74 Å². The second kappa shape index (κ2) is 6.83. The highest BCUT2D eigenvalue weighted by atomic mass is 19.4. The van der Waals surface area contributed by atoms with E-state index in [0.717, 1.165) is 16.7 Å². The molecule has 118 valence electrons. The van der Waals surface area contributed by atoms with Gasteiger partial charge in [0.1, 0.15) is 5.75 Å². The van der Waals surface area contributed by atoms with Crippen molar-refractivity contribution < 1.29 is 23.0 Å². The smallest absolute Gasteiger partial charge is 0.406 e. The second-order valence-electron chi connectivity index (χ2n) is 5.03. The van der Waals surface area contributed by atoms with Gasteiger partial charge in [-0.15, -0.1) is 13.2 Å². The van der Waals surface area contributed by atoms with Gasteiger partial charge in [-0.2, -0.15) is 0 Å². The molecule has 1 N–H and O–H groups in total. The van der Waals surface area contributed by atoms with Crippen molar-refractivity contribution in [1.29, 1.82) is 0 Å². The second-order valence-corrected chi connectivity index (χ2v) is 5.03. The molecule has 2 rings (SSSR count). The van der Waals surface area contributed by atoms with Crippen molar-refractivity contribution in [2.24, 2.45) is 0 Å². The minimum atomic E-state index is -4.67. The Bertz CT molecular complexity index is 589. The van der Waals surface area contributed by atoms with E-state index in [1.807, 2.05) is 31.2 Å². The molecule has 0 aliphatic heterocycles. The van der Waals surface area contributed by atoms with Crippen LogP contribution in [-0.2, 0) is 6.42 Å². The maximum atomic E-state index is 12.1. The number of halogens is 3. The molecule has 0 heterocycles. The Kier molecular flexibility index (Phi) is 5.08. The quantitative estimate of drug-likeness (QED) is 0.873. The molecule has 0 bridgehead atoms. The molecule has 0 saturated carbocycles. The van der Waals surface area contributed by atoms with Gasteiger partial charge in [-0.3, -0.25) is 0 Å². The number of aliphatic hydroxyl groups is 1. The summed E-state index contributed by atoms with van der Waals surface area (Å²) in [6.07, 6.45) is -3.88. The van der Waals surface area contributed by atoms with Crippen LogP contribution in [0, 0.1) is 0 Å². The summed E-state index contributed by atoms with van der Waals surface area (Å²) in [6, 6.07) is 13.4. The number of hydrogen-bond donors (Lipinski definition) is 1. The van der Waals surface area contributed by atoms with E-state index in [-0.39, 0.29) is 5.75 Å².